The fourth-order valence-corrected chi connectivity index (χ4v) is 3.65. The van der Waals surface area contributed by atoms with E-state index in [1.165, 1.54) is 24.3 Å². The Morgan fingerprint density at radius 3 is 1.89 bits per heavy atom. The van der Waals surface area contributed by atoms with Crippen LogP contribution in [-0.2, 0) is 9.47 Å². The molecule has 0 unspecified atom stereocenters. The van der Waals surface area contributed by atoms with Gasteiger partial charge in [-0.15, -0.1) is 0 Å². The molecule has 0 saturated carbocycles. The lowest BCUT2D eigenvalue weighted by Crippen LogP contribution is -2.48. The van der Waals surface area contributed by atoms with Crippen LogP contribution >= 0.6 is 0 Å². The fraction of sp³-hybridized carbons (Fsp3) is 0.455. The molecule has 2 aromatic rings. The average Bonchev–Trinajstić information content (AvgIpc) is 2.64. The molecule has 152 valence electrons. The molecule has 1 N–H and O–H groups in total. The number of benzene rings is 2. The van der Waals surface area contributed by atoms with E-state index in [9.17, 15) is 13.9 Å². The molecule has 3 atom stereocenters. The summed E-state index contributed by atoms with van der Waals surface area (Å²) in [6.07, 6.45) is -0.939. The first-order valence-corrected chi connectivity index (χ1v) is 9.59. The van der Waals surface area contributed by atoms with E-state index >= 15 is 0 Å². The molecule has 0 spiro atoms. The van der Waals surface area contributed by atoms with Gasteiger partial charge in [-0.25, -0.2) is 8.78 Å². The molecular formula is C22H27F2NO3. The largest absolute Gasteiger partial charge is 0.389 e. The van der Waals surface area contributed by atoms with Crippen molar-refractivity contribution in [1.29, 1.82) is 0 Å². The molecule has 2 aromatic carbocycles. The van der Waals surface area contributed by atoms with Crippen molar-refractivity contribution in [3.05, 3.63) is 71.3 Å². The molecule has 6 heteroatoms. The highest BCUT2D eigenvalue weighted by atomic mass is 19.1. The number of rotatable bonds is 7. The van der Waals surface area contributed by atoms with Gasteiger partial charge in [0.2, 0.25) is 0 Å². The lowest BCUT2D eigenvalue weighted by molar-refractivity contribution is -0.0843. The molecule has 0 bridgehead atoms. The van der Waals surface area contributed by atoms with Gasteiger partial charge >= 0.3 is 0 Å². The van der Waals surface area contributed by atoms with E-state index in [1.807, 2.05) is 13.8 Å². The standard InChI is InChI=1S/C22H27F2NO3/c1-15-11-25(12-16(2)28-15)13-21(26)14-27-22(17-3-7-19(23)8-4-17)18-5-9-20(24)10-6-18/h3-10,15-16,21-22,26H,11-14H2,1-2H3/t15-,16+,21-/m1/s1. The zero-order chi connectivity index (χ0) is 20.1. The summed E-state index contributed by atoms with van der Waals surface area (Å²) in [5, 5.41) is 10.5. The minimum absolute atomic E-state index is 0.111. The minimum Gasteiger partial charge on any atom is -0.389 e. The zero-order valence-electron chi connectivity index (χ0n) is 16.2. The number of aliphatic hydroxyl groups is 1. The summed E-state index contributed by atoms with van der Waals surface area (Å²) < 4.78 is 38.3. The Bertz CT molecular complexity index is 683. The number of ether oxygens (including phenoxy) is 2. The molecule has 1 aliphatic rings. The second kappa shape index (κ2) is 9.56. The first-order valence-electron chi connectivity index (χ1n) is 9.59. The molecule has 1 aliphatic heterocycles. The van der Waals surface area contributed by atoms with Gasteiger partial charge in [-0.05, 0) is 49.2 Å². The van der Waals surface area contributed by atoms with Gasteiger partial charge in [0.05, 0.1) is 24.9 Å². The van der Waals surface area contributed by atoms with Crippen molar-refractivity contribution in [1.82, 2.24) is 4.90 Å². The maximum atomic E-state index is 13.3. The second-order valence-corrected chi connectivity index (χ2v) is 7.45. The minimum atomic E-state index is -0.680. The molecule has 3 rings (SSSR count). The summed E-state index contributed by atoms with van der Waals surface area (Å²) in [6, 6.07) is 12.0. The zero-order valence-corrected chi connectivity index (χ0v) is 16.2. The van der Waals surface area contributed by atoms with Gasteiger partial charge < -0.3 is 14.6 Å². The highest BCUT2D eigenvalue weighted by Gasteiger charge is 2.24. The molecule has 4 nitrogen and oxygen atoms in total. The Morgan fingerprint density at radius 1 is 0.964 bits per heavy atom. The second-order valence-electron chi connectivity index (χ2n) is 7.45. The average molecular weight is 391 g/mol. The van der Waals surface area contributed by atoms with E-state index in [0.717, 1.165) is 24.2 Å². The van der Waals surface area contributed by atoms with Crippen LogP contribution in [0.4, 0.5) is 8.78 Å². The van der Waals surface area contributed by atoms with Crippen LogP contribution in [0, 0.1) is 11.6 Å². The van der Waals surface area contributed by atoms with E-state index in [0.29, 0.717) is 6.54 Å². The van der Waals surface area contributed by atoms with Crippen molar-refractivity contribution in [3.63, 3.8) is 0 Å². The van der Waals surface area contributed by atoms with Crippen molar-refractivity contribution in [2.45, 2.75) is 38.3 Å². The van der Waals surface area contributed by atoms with E-state index in [1.54, 1.807) is 24.3 Å². The number of halogens is 2. The number of aliphatic hydroxyl groups excluding tert-OH is 1. The fourth-order valence-electron chi connectivity index (χ4n) is 3.65. The van der Waals surface area contributed by atoms with Crippen LogP contribution in [0.3, 0.4) is 0 Å². The van der Waals surface area contributed by atoms with Gasteiger partial charge in [-0.1, -0.05) is 24.3 Å². The molecule has 0 amide bonds. The molecule has 0 aliphatic carbocycles. The summed E-state index contributed by atoms with van der Waals surface area (Å²) in [5.74, 6) is -0.672. The predicted octanol–water partition coefficient (Wildman–Crippen LogP) is 3.54. The third-order valence-electron chi connectivity index (χ3n) is 4.76. The van der Waals surface area contributed by atoms with Crippen molar-refractivity contribution in [2.75, 3.05) is 26.2 Å². The smallest absolute Gasteiger partial charge is 0.123 e. The van der Waals surface area contributed by atoms with Crippen LogP contribution in [0.15, 0.2) is 48.5 Å². The normalized spacial score (nSPS) is 21.8. The van der Waals surface area contributed by atoms with Crippen molar-refractivity contribution < 1.29 is 23.4 Å². The quantitative estimate of drug-likeness (QED) is 0.784. The highest BCUT2D eigenvalue weighted by Crippen LogP contribution is 2.27. The molecule has 28 heavy (non-hydrogen) atoms. The predicted molar refractivity (Wildman–Crippen MR) is 103 cm³/mol. The van der Waals surface area contributed by atoms with E-state index in [2.05, 4.69) is 4.90 Å². The molecule has 0 aromatic heterocycles. The Labute approximate surface area is 164 Å². The first kappa shape index (κ1) is 20.9. The molecule has 1 fully saturated rings. The van der Waals surface area contributed by atoms with Crippen LogP contribution < -0.4 is 0 Å². The van der Waals surface area contributed by atoms with Gasteiger partial charge in [-0.3, -0.25) is 4.90 Å². The van der Waals surface area contributed by atoms with Crippen molar-refractivity contribution in [2.24, 2.45) is 0 Å². The highest BCUT2D eigenvalue weighted by molar-refractivity contribution is 5.30. The Kier molecular flexibility index (Phi) is 7.13. The summed E-state index contributed by atoms with van der Waals surface area (Å²) >= 11 is 0. The van der Waals surface area contributed by atoms with Gasteiger partial charge in [0.1, 0.15) is 17.7 Å². The van der Waals surface area contributed by atoms with E-state index < -0.39 is 12.2 Å². The first-order chi connectivity index (χ1) is 13.4. The Hall–Kier alpha value is -1.86. The van der Waals surface area contributed by atoms with Crippen molar-refractivity contribution >= 4 is 0 Å². The van der Waals surface area contributed by atoms with Gasteiger partial charge in [0.15, 0.2) is 0 Å². The van der Waals surface area contributed by atoms with Crippen molar-refractivity contribution in [3.8, 4) is 0 Å². The lowest BCUT2D eigenvalue weighted by atomic mass is 10.0. The molecule has 0 radical (unpaired) electrons. The third-order valence-corrected chi connectivity index (χ3v) is 4.76. The SMILES string of the molecule is C[C@@H]1CN(C[C@@H](O)COC(c2ccc(F)cc2)c2ccc(F)cc2)C[C@H](C)O1. The number of nitrogens with zero attached hydrogens (tertiary/aromatic N) is 1. The Morgan fingerprint density at radius 2 is 1.43 bits per heavy atom. The maximum absolute atomic E-state index is 13.3. The molecule has 1 saturated heterocycles. The van der Waals surface area contributed by atoms with E-state index in [4.69, 9.17) is 9.47 Å². The van der Waals surface area contributed by atoms with Gasteiger partial charge in [0, 0.05) is 19.6 Å². The molecular weight excluding hydrogens is 364 g/mol. The maximum Gasteiger partial charge on any atom is 0.123 e. The van der Waals surface area contributed by atoms with Crippen LogP contribution in [0.5, 0.6) is 0 Å². The lowest BCUT2D eigenvalue weighted by Gasteiger charge is -2.36. The van der Waals surface area contributed by atoms with Gasteiger partial charge in [0.25, 0.3) is 0 Å². The third kappa shape index (κ3) is 5.82. The summed E-state index contributed by atoms with van der Waals surface area (Å²) in [7, 11) is 0. The monoisotopic (exact) mass is 391 g/mol. The number of morpholine rings is 1. The number of β-amino-alcohol motifs (C(OH)–C–C–N with tert-alkyl or cyclic N) is 1. The summed E-state index contributed by atoms with van der Waals surface area (Å²) in [6.45, 7) is 6.16. The summed E-state index contributed by atoms with van der Waals surface area (Å²) in [4.78, 5) is 2.16. The van der Waals surface area contributed by atoms with Crippen LogP contribution in [0.25, 0.3) is 0 Å². The van der Waals surface area contributed by atoms with Gasteiger partial charge in [-0.2, -0.15) is 0 Å². The molecule has 1 heterocycles. The number of hydrogen-bond donors (Lipinski definition) is 1. The Balaban J connectivity index is 1.65. The van der Waals surface area contributed by atoms with Crippen LogP contribution in [0.1, 0.15) is 31.1 Å². The summed E-state index contributed by atoms with van der Waals surface area (Å²) in [5.41, 5.74) is 1.49. The van der Waals surface area contributed by atoms with E-state index in [-0.39, 0.29) is 30.4 Å². The number of hydrogen-bond acceptors (Lipinski definition) is 4. The van der Waals surface area contributed by atoms with Crippen LogP contribution in [0.2, 0.25) is 0 Å². The van der Waals surface area contributed by atoms with Crippen LogP contribution in [-0.4, -0.2) is 54.6 Å². The topological polar surface area (TPSA) is 41.9 Å².